The highest BCUT2D eigenvalue weighted by Gasteiger charge is 2.43. The normalized spacial score (nSPS) is 18.8. The SMILES string of the molecule is COc1ccc(C(=O)N2CCC3(CC2)CN(c2ccc(F)cc2)C(=O)CO3)cc1. The minimum Gasteiger partial charge on any atom is -0.497 e. The Kier molecular flexibility index (Phi) is 5.24. The number of carbonyl (C=O) groups excluding carboxylic acids is 2. The summed E-state index contributed by atoms with van der Waals surface area (Å²) >= 11 is 0. The van der Waals surface area contributed by atoms with Gasteiger partial charge in [0.1, 0.15) is 18.2 Å². The van der Waals surface area contributed by atoms with Crippen molar-refractivity contribution in [2.24, 2.45) is 0 Å². The molecular weight excluding hydrogens is 375 g/mol. The molecule has 7 heteroatoms. The summed E-state index contributed by atoms with van der Waals surface area (Å²) in [5.41, 5.74) is 0.796. The molecule has 1 spiro atoms. The Hall–Kier alpha value is -2.93. The van der Waals surface area contributed by atoms with Gasteiger partial charge < -0.3 is 19.3 Å². The van der Waals surface area contributed by atoms with Crippen LogP contribution in [0.2, 0.25) is 0 Å². The van der Waals surface area contributed by atoms with Crippen molar-refractivity contribution in [1.82, 2.24) is 4.90 Å². The molecule has 0 saturated carbocycles. The highest BCUT2D eigenvalue weighted by molar-refractivity contribution is 5.95. The van der Waals surface area contributed by atoms with Gasteiger partial charge in [0.05, 0.1) is 19.3 Å². The molecule has 0 aliphatic carbocycles. The van der Waals surface area contributed by atoms with Gasteiger partial charge in [-0.25, -0.2) is 4.39 Å². The van der Waals surface area contributed by atoms with Crippen LogP contribution in [0.25, 0.3) is 0 Å². The van der Waals surface area contributed by atoms with Crippen LogP contribution in [-0.2, 0) is 9.53 Å². The van der Waals surface area contributed by atoms with Crippen LogP contribution in [0.1, 0.15) is 23.2 Å². The number of piperidine rings is 1. The number of hydrogen-bond donors (Lipinski definition) is 0. The summed E-state index contributed by atoms with van der Waals surface area (Å²) < 4.78 is 24.3. The van der Waals surface area contributed by atoms with Crippen molar-refractivity contribution < 1.29 is 23.5 Å². The maximum atomic E-state index is 13.2. The molecular formula is C22H23FN2O4. The van der Waals surface area contributed by atoms with E-state index in [1.54, 1.807) is 48.4 Å². The molecule has 0 aromatic heterocycles. The predicted molar refractivity (Wildman–Crippen MR) is 106 cm³/mol. The molecule has 2 aliphatic heterocycles. The van der Waals surface area contributed by atoms with Crippen LogP contribution in [0.5, 0.6) is 5.75 Å². The summed E-state index contributed by atoms with van der Waals surface area (Å²) in [6, 6.07) is 13.0. The third-order valence-electron chi connectivity index (χ3n) is 5.69. The number of anilines is 1. The lowest BCUT2D eigenvalue weighted by Crippen LogP contribution is -2.59. The quantitative estimate of drug-likeness (QED) is 0.798. The van der Waals surface area contributed by atoms with E-state index in [-0.39, 0.29) is 24.2 Å². The van der Waals surface area contributed by atoms with E-state index in [1.165, 1.54) is 12.1 Å². The van der Waals surface area contributed by atoms with Crippen molar-refractivity contribution >= 4 is 17.5 Å². The van der Waals surface area contributed by atoms with E-state index < -0.39 is 5.60 Å². The molecule has 2 fully saturated rings. The van der Waals surface area contributed by atoms with Gasteiger partial charge in [-0.2, -0.15) is 0 Å². The molecule has 0 atom stereocenters. The Morgan fingerprint density at radius 1 is 1.07 bits per heavy atom. The molecule has 2 heterocycles. The van der Waals surface area contributed by atoms with Gasteiger partial charge in [-0.3, -0.25) is 9.59 Å². The summed E-state index contributed by atoms with van der Waals surface area (Å²) in [7, 11) is 1.59. The zero-order chi connectivity index (χ0) is 20.4. The lowest BCUT2D eigenvalue weighted by atomic mass is 9.88. The van der Waals surface area contributed by atoms with Crippen molar-refractivity contribution in [3.05, 3.63) is 59.9 Å². The van der Waals surface area contributed by atoms with Crippen LogP contribution in [0.4, 0.5) is 10.1 Å². The number of morpholine rings is 1. The number of nitrogens with zero attached hydrogens (tertiary/aromatic N) is 2. The molecule has 4 rings (SSSR count). The topological polar surface area (TPSA) is 59.1 Å². The number of carbonyl (C=O) groups is 2. The molecule has 2 aliphatic rings. The monoisotopic (exact) mass is 398 g/mol. The largest absolute Gasteiger partial charge is 0.497 e. The van der Waals surface area contributed by atoms with Crippen LogP contribution in [-0.4, -0.2) is 55.7 Å². The Morgan fingerprint density at radius 3 is 2.34 bits per heavy atom. The molecule has 2 saturated heterocycles. The number of rotatable bonds is 3. The fourth-order valence-electron chi connectivity index (χ4n) is 3.91. The van der Waals surface area contributed by atoms with Gasteiger partial charge in [-0.1, -0.05) is 0 Å². The molecule has 0 unspecified atom stereocenters. The van der Waals surface area contributed by atoms with E-state index in [1.807, 2.05) is 4.90 Å². The first-order valence-electron chi connectivity index (χ1n) is 9.63. The first kappa shape index (κ1) is 19.4. The fraction of sp³-hybridized carbons (Fsp3) is 0.364. The maximum absolute atomic E-state index is 13.2. The van der Waals surface area contributed by atoms with Crippen LogP contribution in [0.15, 0.2) is 48.5 Å². The summed E-state index contributed by atoms with van der Waals surface area (Å²) in [6.45, 7) is 1.50. The third-order valence-corrected chi connectivity index (χ3v) is 5.69. The van der Waals surface area contributed by atoms with E-state index in [0.29, 0.717) is 49.5 Å². The lowest BCUT2D eigenvalue weighted by molar-refractivity contribution is -0.143. The van der Waals surface area contributed by atoms with Gasteiger partial charge in [-0.15, -0.1) is 0 Å². The second-order valence-electron chi connectivity index (χ2n) is 7.45. The number of hydrogen-bond acceptors (Lipinski definition) is 4. The van der Waals surface area contributed by atoms with Crippen molar-refractivity contribution in [3.8, 4) is 5.75 Å². The van der Waals surface area contributed by atoms with E-state index >= 15 is 0 Å². The third kappa shape index (κ3) is 3.96. The zero-order valence-electron chi connectivity index (χ0n) is 16.3. The molecule has 6 nitrogen and oxygen atoms in total. The fourth-order valence-corrected chi connectivity index (χ4v) is 3.91. The molecule has 0 N–H and O–H groups in total. The van der Waals surface area contributed by atoms with Gasteiger partial charge >= 0.3 is 0 Å². The second kappa shape index (κ2) is 7.83. The molecule has 0 radical (unpaired) electrons. The van der Waals surface area contributed by atoms with Crippen molar-refractivity contribution in [2.75, 3.05) is 38.3 Å². The van der Waals surface area contributed by atoms with E-state index in [4.69, 9.17) is 9.47 Å². The average Bonchev–Trinajstić information content (AvgIpc) is 2.76. The first-order valence-corrected chi connectivity index (χ1v) is 9.63. The number of amides is 2. The number of ether oxygens (including phenoxy) is 2. The number of benzene rings is 2. The summed E-state index contributed by atoms with van der Waals surface area (Å²) in [5, 5.41) is 0. The van der Waals surface area contributed by atoms with Gasteiger partial charge in [0.2, 0.25) is 0 Å². The highest BCUT2D eigenvalue weighted by atomic mass is 19.1. The molecule has 0 bridgehead atoms. The van der Waals surface area contributed by atoms with E-state index in [9.17, 15) is 14.0 Å². The summed E-state index contributed by atoms with van der Waals surface area (Å²) in [5.74, 6) is 0.207. The number of halogens is 1. The molecule has 152 valence electrons. The number of likely N-dealkylation sites (tertiary alicyclic amines) is 1. The Morgan fingerprint density at radius 2 is 1.72 bits per heavy atom. The van der Waals surface area contributed by atoms with Crippen LogP contribution in [0, 0.1) is 5.82 Å². The van der Waals surface area contributed by atoms with Crippen LogP contribution < -0.4 is 9.64 Å². The molecule has 2 aromatic rings. The minimum absolute atomic E-state index is 0.0101. The van der Waals surface area contributed by atoms with Gasteiger partial charge in [-0.05, 0) is 61.4 Å². The lowest BCUT2D eigenvalue weighted by Gasteiger charge is -2.47. The predicted octanol–water partition coefficient (Wildman–Crippen LogP) is 2.87. The van der Waals surface area contributed by atoms with Crippen molar-refractivity contribution in [1.29, 1.82) is 0 Å². The Labute approximate surface area is 168 Å². The van der Waals surface area contributed by atoms with E-state index in [2.05, 4.69) is 0 Å². The number of methoxy groups -OCH3 is 1. The highest BCUT2D eigenvalue weighted by Crippen LogP contribution is 2.33. The molecule has 2 amide bonds. The summed E-state index contributed by atoms with van der Waals surface area (Å²) in [4.78, 5) is 28.6. The average molecular weight is 398 g/mol. The van der Waals surface area contributed by atoms with Crippen LogP contribution >= 0.6 is 0 Å². The zero-order valence-corrected chi connectivity index (χ0v) is 16.3. The molecule has 2 aromatic carbocycles. The first-order chi connectivity index (χ1) is 14.0. The van der Waals surface area contributed by atoms with E-state index in [0.717, 1.165) is 0 Å². The minimum atomic E-state index is -0.487. The van der Waals surface area contributed by atoms with Gasteiger partial charge in [0.25, 0.3) is 11.8 Å². The summed E-state index contributed by atoms with van der Waals surface area (Å²) in [6.07, 6.45) is 1.28. The van der Waals surface area contributed by atoms with Gasteiger partial charge in [0.15, 0.2) is 0 Å². The Bertz CT molecular complexity index is 890. The van der Waals surface area contributed by atoms with Crippen molar-refractivity contribution in [3.63, 3.8) is 0 Å². The standard InChI is InChI=1S/C22H23FN2O4/c1-28-19-8-2-16(3-9-19)21(27)24-12-10-22(11-13-24)15-25(20(26)14-29-22)18-6-4-17(23)5-7-18/h2-9H,10-15H2,1H3. The molecule has 29 heavy (non-hydrogen) atoms. The Balaban J connectivity index is 1.42. The second-order valence-corrected chi connectivity index (χ2v) is 7.45. The van der Waals surface area contributed by atoms with Crippen LogP contribution in [0.3, 0.4) is 0 Å². The maximum Gasteiger partial charge on any atom is 0.253 e. The smallest absolute Gasteiger partial charge is 0.253 e. The van der Waals surface area contributed by atoms with Crippen molar-refractivity contribution in [2.45, 2.75) is 18.4 Å². The van der Waals surface area contributed by atoms with Gasteiger partial charge in [0, 0.05) is 24.3 Å².